The largest absolute Gasteiger partial charge is 0.406 e. The molecule has 1 aliphatic rings. The van der Waals surface area contributed by atoms with Gasteiger partial charge in [-0.05, 0) is 39.0 Å². The van der Waals surface area contributed by atoms with Crippen LogP contribution in [-0.2, 0) is 5.41 Å². The van der Waals surface area contributed by atoms with Crippen molar-refractivity contribution in [2.75, 3.05) is 0 Å². The third-order valence-electron chi connectivity index (χ3n) is 5.91. The quantitative estimate of drug-likeness (QED) is 0.321. The van der Waals surface area contributed by atoms with Crippen LogP contribution in [0.1, 0.15) is 16.7 Å². The highest BCUT2D eigenvalue weighted by Gasteiger charge is 2.71. The molecule has 0 aliphatic heterocycles. The first-order valence-electron chi connectivity index (χ1n) is 10.1. The summed E-state index contributed by atoms with van der Waals surface area (Å²) in [5.74, 6) is 0. The van der Waals surface area contributed by atoms with Crippen LogP contribution in [0.4, 0.5) is 13.2 Å². The summed E-state index contributed by atoms with van der Waals surface area (Å²) in [7, 11) is 0. The highest BCUT2D eigenvalue weighted by molar-refractivity contribution is 6.20. The first-order chi connectivity index (χ1) is 15.0. The number of alkyl halides is 3. The average molecular weight is 412 g/mol. The Balaban J connectivity index is 1.68. The molecule has 0 amide bonds. The lowest BCUT2D eigenvalue weighted by Gasteiger charge is -2.25. The molecular formula is C28H19F3. The van der Waals surface area contributed by atoms with Crippen molar-refractivity contribution in [3.63, 3.8) is 0 Å². The van der Waals surface area contributed by atoms with Crippen molar-refractivity contribution >= 4 is 11.1 Å². The van der Waals surface area contributed by atoms with Crippen LogP contribution in [0.5, 0.6) is 0 Å². The monoisotopic (exact) mass is 412 g/mol. The van der Waals surface area contributed by atoms with Crippen LogP contribution in [0.2, 0.25) is 0 Å². The van der Waals surface area contributed by atoms with E-state index in [-0.39, 0.29) is 5.56 Å². The van der Waals surface area contributed by atoms with Crippen LogP contribution >= 0.6 is 0 Å². The second kappa shape index (κ2) is 7.28. The Hall–Kier alpha value is -3.59. The molecule has 0 saturated carbocycles. The molecule has 0 spiro atoms. The van der Waals surface area contributed by atoms with E-state index >= 15 is 0 Å². The molecule has 152 valence electrons. The van der Waals surface area contributed by atoms with Crippen LogP contribution in [0.15, 0.2) is 115 Å². The predicted octanol–water partition coefficient (Wildman–Crippen LogP) is 7.78. The number of halogens is 3. The van der Waals surface area contributed by atoms with E-state index in [1.54, 1.807) is 72.8 Å². The van der Waals surface area contributed by atoms with Crippen molar-refractivity contribution in [1.82, 2.24) is 0 Å². The first kappa shape index (κ1) is 19.4. The van der Waals surface area contributed by atoms with E-state index in [1.165, 1.54) is 0 Å². The highest BCUT2D eigenvalue weighted by Crippen LogP contribution is 2.71. The summed E-state index contributed by atoms with van der Waals surface area (Å²) in [6.45, 7) is 0. The van der Waals surface area contributed by atoms with Gasteiger partial charge in [0.1, 0.15) is 5.41 Å². The number of hydrogen-bond donors (Lipinski definition) is 0. The van der Waals surface area contributed by atoms with Gasteiger partial charge in [0.2, 0.25) is 0 Å². The molecule has 31 heavy (non-hydrogen) atoms. The fourth-order valence-electron chi connectivity index (χ4n) is 4.49. The summed E-state index contributed by atoms with van der Waals surface area (Å²) >= 11 is 0. The van der Waals surface area contributed by atoms with Crippen LogP contribution in [-0.4, -0.2) is 6.18 Å². The van der Waals surface area contributed by atoms with Gasteiger partial charge in [-0.15, -0.1) is 0 Å². The van der Waals surface area contributed by atoms with Gasteiger partial charge < -0.3 is 0 Å². The molecule has 4 aromatic rings. The third-order valence-corrected chi connectivity index (χ3v) is 5.91. The van der Waals surface area contributed by atoms with Crippen molar-refractivity contribution in [3.05, 3.63) is 132 Å². The van der Waals surface area contributed by atoms with E-state index in [0.717, 1.165) is 11.1 Å². The van der Waals surface area contributed by atoms with Crippen molar-refractivity contribution in [2.45, 2.75) is 11.6 Å². The second-order valence-corrected chi connectivity index (χ2v) is 7.67. The van der Waals surface area contributed by atoms with Crippen LogP contribution < -0.4 is 0 Å². The van der Waals surface area contributed by atoms with Crippen LogP contribution in [0.25, 0.3) is 22.3 Å². The standard InChI is InChI=1S/C28H19F3/c29-28(30,31)27(24-18-16-21(17-19-24)20-10-4-1-5-11-20)25(22-12-6-2-7-13-22)26(27)23-14-8-3-9-15-23/h1-19H. The van der Waals surface area contributed by atoms with E-state index in [4.69, 9.17) is 0 Å². The molecule has 4 aromatic carbocycles. The fraction of sp³-hybridized carbons (Fsp3) is 0.0714. The van der Waals surface area contributed by atoms with Crippen molar-refractivity contribution in [2.24, 2.45) is 0 Å². The maximum absolute atomic E-state index is 14.8. The van der Waals surface area contributed by atoms with E-state index in [2.05, 4.69) is 0 Å². The van der Waals surface area contributed by atoms with Gasteiger partial charge in [0.25, 0.3) is 0 Å². The van der Waals surface area contributed by atoms with E-state index in [1.807, 2.05) is 42.5 Å². The Morgan fingerprint density at radius 3 is 1.16 bits per heavy atom. The number of rotatable bonds is 4. The molecule has 0 fully saturated rings. The summed E-state index contributed by atoms with van der Waals surface area (Å²) in [4.78, 5) is 0. The van der Waals surface area contributed by atoms with Crippen LogP contribution in [0, 0.1) is 0 Å². The second-order valence-electron chi connectivity index (χ2n) is 7.67. The Bertz CT molecular complexity index is 1170. The molecule has 0 aromatic heterocycles. The molecule has 0 saturated heterocycles. The molecule has 0 atom stereocenters. The third kappa shape index (κ3) is 3.09. The van der Waals surface area contributed by atoms with E-state index in [0.29, 0.717) is 22.3 Å². The van der Waals surface area contributed by atoms with Gasteiger partial charge in [-0.25, -0.2) is 0 Å². The summed E-state index contributed by atoms with van der Waals surface area (Å²) in [5.41, 5.74) is 1.88. The molecule has 0 unspecified atom stereocenters. The summed E-state index contributed by atoms with van der Waals surface area (Å²) in [6.07, 6.45) is -4.46. The lowest BCUT2D eigenvalue weighted by molar-refractivity contribution is -0.149. The molecule has 5 rings (SSSR count). The van der Waals surface area contributed by atoms with Gasteiger partial charge >= 0.3 is 6.18 Å². The summed E-state index contributed by atoms with van der Waals surface area (Å²) in [6, 6.07) is 34.2. The maximum atomic E-state index is 14.8. The average Bonchev–Trinajstić information content (AvgIpc) is 3.53. The van der Waals surface area contributed by atoms with Crippen molar-refractivity contribution in [3.8, 4) is 11.1 Å². The zero-order chi connectivity index (χ0) is 21.5. The topological polar surface area (TPSA) is 0 Å². The minimum absolute atomic E-state index is 0.248. The Labute approximate surface area is 179 Å². The number of benzene rings is 4. The van der Waals surface area contributed by atoms with Gasteiger partial charge in [0, 0.05) is 0 Å². The molecule has 0 bridgehead atoms. The Morgan fingerprint density at radius 2 is 0.774 bits per heavy atom. The van der Waals surface area contributed by atoms with Gasteiger partial charge in [-0.1, -0.05) is 115 Å². The van der Waals surface area contributed by atoms with Gasteiger partial charge in [0.05, 0.1) is 0 Å². The maximum Gasteiger partial charge on any atom is 0.406 e. The first-order valence-corrected chi connectivity index (χ1v) is 10.1. The number of allylic oxidation sites excluding steroid dienone is 2. The van der Waals surface area contributed by atoms with Gasteiger partial charge in [0.15, 0.2) is 0 Å². The van der Waals surface area contributed by atoms with E-state index < -0.39 is 11.6 Å². The smallest absolute Gasteiger partial charge is 0.169 e. The van der Waals surface area contributed by atoms with Crippen molar-refractivity contribution < 1.29 is 13.2 Å². The van der Waals surface area contributed by atoms with Gasteiger partial charge in [-0.3, -0.25) is 0 Å². The SMILES string of the molecule is FC(F)(F)C1(c2ccc(-c3ccccc3)cc2)C(c2ccccc2)=C1c1ccccc1. The summed E-state index contributed by atoms with van der Waals surface area (Å²) in [5, 5.41) is 0. The zero-order valence-electron chi connectivity index (χ0n) is 16.6. The lowest BCUT2D eigenvalue weighted by atomic mass is 9.83. The molecule has 3 heteroatoms. The summed E-state index contributed by atoms with van der Waals surface area (Å²) < 4.78 is 44.5. The molecule has 0 N–H and O–H groups in total. The Kier molecular flexibility index (Phi) is 4.55. The van der Waals surface area contributed by atoms with Crippen molar-refractivity contribution in [1.29, 1.82) is 0 Å². The molecule has 0 nitrogen and oxygen atoms in total. The van der Waals surface area contributed by atoms with Crippen LogP contribution in [0.3, 0.4) is 0 Å². The fourth-order valence-corrected chi connectivity index (χ4v) is 4.49. The molecule has 0 heterocycles. The Morgan fingerprint density at radius 1 is 0.419 bits per heavy atom. The normalized spacial score (nSPS) is 15.1. The predicted molar refractivity (Wildman–Crippen MR) is 119 cm³/mol. The van der Waals surface area contributed by atoms with E-state index in [9.17, 15) is 13.2 Å². The minimum atomic E-state index is -4.46. The van der Waals surface area contributed by atoms with Gasteiger partial charge in [-0.2, -0.15) is 13.2 Å². The minimum Gasteiger partial charge on any atom is -0.169 e. The molecule has 0 radical (unpaired) electrons. The lowest BCUT2D eigenvalue weighted by Crippen LogP contribution is -2.33. The zero-order valence-corrected chi connectivity index (χ0v) is 16.6. The number of hydrogen-bond acceptors (Lipinski definition) is 0. The highest BCUT2D eigenvalue weighted by atomic mass is 19.4. The molecular weight excluding hydrogens is 393 g/mol. The molecule has 1 aliphatic carbocycles.